The number of pyridine rings is 1. The third-order valence-corrected chi connectivity index (χ3v) is 10.3. The molecule has 258 valence electrons. The maximum Gasteiger partial charge on any atom is 0.317 e. The third-order valence-electron chi connectivity index (χ3n) is 10.3. The van der Waals surface area contributed by atoms with Crippen LogP contribution >= 0.6 is 0 Å². The molecule has 0 spiro atoms. The van der Waals surface area contributed by atoms with Crippen molar-refractivity contribution in [2.45, 2.75) is 62.6 Å². The highest BCUT2D eigenvalue weighted by atomic mass is 19.1. The van der Waals surface area contributed by atoms with E-state index < -0.39 is 11.4 Å². The molecule has 0 radical (unpaired) electrons. The number of aromatic nitrogens is 5. The lowest BCUT2D eigenvalue weighted by molar-refractivity contribution is 0.178. The number of hydrogen-bond donors (Lipinski definition) is 2. The van der Waals surface area contributed by atoms with Crippen LogP contribution in [-0.2, 0) is 5.54 Å². The van der Waals surface area contributed by atoms with Gasteiger partial charge in [-0.05, 0) is 73.8 Å². The number of likely N-dealkylation sites (tertiary alicyclic amines) is 1. The van der Waals surface area contributed by atoms with Gasteiger partial charge in [0.2, 0.25) is 0 Å². The van der Waals surface area contributed by atoms with Gasteiger partial charge in [0.25, 0.3) is 0 Å². The fourth-order valence-corrected chi connectivity index (χ4v) is 7.85. The van der Waals surface area contributed by atoms with E-state index in [4.69, 9.17) is 15.1 Å². The number of fused-ring (bicyclic) bond motifs is 1. The van der Waals surface area contributed by atoms with Crippen LogP contribution < -0.4 is 10.6 Å². The summed E-state index contributed by atoms with van der Waals surface area (Å²) >= 11 is 0. The molecule has 3 aromatic carbocycles. The van der Waals surface area contributed by atoms with Gasteiger partial charge in [0.05, 0.1) is 11.6 Å². The fourth-order valence-electron chi connectivity index (χ4n) is 7.85. The second kappa shape index (κ2) is 14.3. The summed E-state index contributed by atoms with van der Waals surface area (Å²) in [6, 6.07) is 34.7. The second-order valence-electron chi connectivity index (χ2n) is 13.5. The molecule has 8 rings (SSSR count). The molecule has 2 atom stereocenters. The maximum absolute atomic E-state index is 15.5. The molecule has 2 aliphatic rings. The minimum atomic E-state index is -0.911. The second-order valence-corrected chi connectivity index (χ2v) is 13.5. The Labute approximate surface area is 297 Å². The average Bonchev–Trinajstić information content (AvgIpc) is 3.58. The molecular weight excluding hydrogens is 640 g/mol. The zero-order valence-electron chi connectivity index (χ0n) is 28.5. The summed E-state index contributed by atoms with van der Waals surface area (Å²) in [5.74, 6) is -0.114. The summed E-state index contributed by atoms with van der Waals surface area (Å²) in [7, 11) is 0. The SMILES string of the molecule is O=C(N[C@@H]1CCCC(Nc2nc(-c3nn(C(c4ccccc4)(c4ccccc4)c4ccccc4)c4ncccc34)ncc2F)C1)N1CCCCC1. The third kappa shape index (κ3) is 6.30. The van der Waals surface area contributed by atoms with Crippen LogP contribution in [0.4, 0.5) is 15.0 Å². The standard InChI is InChI=1S/C41H41FN8O/c42-35-28-44-38(47-37(35)45-32-21-13-22-33(27-32)46-40(51)49-25-11-4-12-26-49)36-34-23-14-24-43-39(34)50(48-36)41(29-15-5-1-6-16-29,30-17-7-2-8-18-30)31-19-9-3-10-20-31/h1-3,5-10,14-20,23-24,28,32-33H,4,11-13,21-22,25-27H2,(H,46,51)(H,44,45,47)/t32?,33-/m1/s1. The molecule has 9 nitrogen and oxygen atoms in total. The molecule has 6 aromatic rings. The molecule has 10 heteroatoms. The van der Waals surface area contributed by atoms with Gasteiger partial charge in [0.15, 0.2) is 23.1 Å². The molecule has 2 amide bonds. The topological polar surface area (TPSA) is 101 Å². The molecule has 1 saturated heterocycles. The first kappa shape index (κ1) is 32.6. The summed E-state index contributed by atoms with van der Waals surface area (Å²) < 4.78 is 17.4. The molecular formula is C41H41FN8O. The highest BCUT2D eigenvalue weighted by Gasteiger charge is 2.41. The lowest BCUT2D eigenvalue weighted by Crippen LogP contribution is -2.49. The summed E-state index contributed by atoms with van der Waals surface area (Å²) in [5.41, 5.74) is 3.25. The van der Waals surface area contributed by atoms with Gasteiger partial charge in [-0.3, -0.25) is 0 Å². The van der Waals surface area contributed by atoms with Gasteiger partial charge in [0.1, 0.15) is 11.2 Å². The Hall–Kier alpha value is -5.64. The van der Waals surface area contributed by atoms with Crippen molar-refractivity contribution >= 4 is 22.9 Å². The number of rotatable bonds is 8. The Bertz CT molecular complexity index is 2000. The lowest BCUT2D eigenvalue weighted by atomic mass is 9.77. The van der Waals surface area contributed by atoms with Crippen LogP contribution in [0.2, 0.25) is 0 Å². The Morgan fingerprint density at radius 2 is 1.37 bits per heavy atom. The molecule has 1 unspecified atom stereocenters. The van der Waals surface area contributed by atoms with E-state index in [2.05, 4.69) is 52.0 Å². The molecule has 3 aromatic heterocycles. The molecule has 2 N–H and O–H groups in total. The number of amides is 2. The van der Waals surface area contributed by atoms with Crippen molar-refractivity contribution < 1.29 is 9.18 Å². The van der Waals surface area contributed by atoms with Gasteiger partial charge in [-0.2, -0.15) is 5.10 Å². The van der Waals surface area contributed by atoms with Crippen LogP contribution in [0.3, 0.4) is 0 Å². The van der Waals surface area contributed by atoms with Crippen LogP contribution in [-0.4, -0.2) is 60.8 Å². The van der Waals surface area contributed by atoms with E-state index in [1.807, 2.05) is 76.3 Å². The molecule has 1 aliphatic carbocycles. The maximum atomic E-state index is 15.5. The van der Waals surface area contributed by atoms with Crippen molar-refractivity contribution in [2.75, 3.05) is 18.4 Å². The van der Waals surface area contributed by atoms with E-state index in [-0.39, 0.29) is 23.9 Å². The zero-order chi connectivity index (χ0) is 34.6. The van der Waals surface area contributed by atoms with Gasteiger partial charge in [-0.15, -0.1) is 0 Å². The van der Waals surface area contributed by atoms with Crippen LogP contribution in [0.15, 0.2) is 116 Å². The van der Waals surface area contributed by atoms with Gasteiger partial charge >= 0.3 is 6.03 Å². The van der Waals surface area contributed by atoms with Crippen molar-refractivity contribution in [1.82, 2.24) is 34.9 Å². The average molecular weight is 681 g/mol. The lowest BCUT2D eigenvalue weighted by Gasteiger charge is -2.36. The number of piperidine rings is 1. The minimum Gasteiger partial charge on any atom is -0.365 e. The number of carbonyl (C=O) groups is 1. The Balaban J connectivity index is 1.18. The molecule has 1 aliphatic heterocycles. The number of halogens is 1. The normalized spacial score (nSPS) is 18.0. The molecule has 0 bridgehead atoms. The van der Waals surface area contributed by atoms with Crippen molar-refractivity contribution in [3.8, 4) is 11.5 Å². The van der Waals surface area contributed by atoms with E-state index in [0.717, 1.165) is 67.3 Å². The number of nitrogens with one attached hydrogen (secondary N) is 2. The summed E-state index contributed by atoms with van der Waals surface area (Å²) in [4.78, 5) is 29.0. The Morgan fingerprint density at radius 1 is 0.745 bits per heavy atom. The zero-order valence-corrected chi connectivity index (χ0v) is 28.5. The molecule has 2 fully saturated rings. The highest BCUT2D eigenvalue weighted by Crippen LogP contribution is 2.43. The fraction of sp³-hybridized carbons (Fsp3) is 0.293. The van der Waals surface area contributed by atoms with Gasteiger partial charge in [-0.25, -0.2) is 28.8 Å². The minimum absolute atomic E-state index is 0.00418. The highest BCUT2D eigenvalue weighted by molar-refractivity contribution is 5.90. The van der Waals surface area contributed by atoms with Gasteiger partial charge in [-0.1, -0.05) is 91.0 Å². The summed E-state index contributed by atoms with van der Waals surface area (Å²) in [5, 5.41) is 12.6. The van der Waals surface area contributed by atoms with Gasteiger partial charge < -0.3 is 15.5 Å². The Kier molecular flexibility index (Phi) is 9.13. The summed E-state index contributed by atoms with van der Waals surface area (Å²) in [6.45, 7) is 1.61. The quantitative estimate of drug-likeness (QED) is 0.159. The van der Waals surface area contributed by atoms with Crippen molar-refractivity contribution in [3.05, 3.63) is 138 Å². The molecule has 4 heterocycles. The van der Waals surface area contributed by atoms with E-state index in [0.29, 0.717) is 23.6 Å². The summed E-state index contributed by atoms with van der Waals surface area (Å²) in [6.07, 6.45) is 9.60. The molecule has 51 heavy (non-hydrogen) atoms. The van der Waals surface area contributed by atoms with Gasteiger partial charge in [0, 0.05) is 31.4 Å². The van der Waals surface area contributed by atoms with Crippen LogP contribution in [0, 0.1) is 5.82 Å². The van der Waals surface area contributed by atoms with E-state index in [1.165, 1.54) is 12.6 Å². The van der Waals surface area contributed by atoms with Crippen LogP contribution in [0.25, 0.3) is 22.6 Å². The number of hydrogen-bond acceptors (Lipinski definition) is 6. The van der Waals surface area contributed by atoms with Crippen molar-refractivity contribution in [1.29, 1.82) is 0 Å². The monoisotopic (exact) mass is 680 g/mol. The smallest absolute Gasteiger partial charge is 0.317 e. The van der Waals surface area contributed by atoms with Crippen LogP contribution in [0.5, 0.6) is 0 Å². The van der Waals surface area contributed by atoms with Crippen molar-refractivity contribution in [2.24, 2.45) is 0 Å². The molecule has 1 saturated carbocycles. The number of carbonyl (C=O) groups excluding carboxylic acids is 1. The Morgan fingerprint density at radius 3 is 2.02 bits per heavy atom. The first-order valence-corrected chi connectivity index (χ1v) is 18.0. The first-order chi connectivity index (χ1) is 25.1. The number of benzene rings is 3. The largest absolute Gasteiger partial charge is 0.365 e. The number of nitrogens with zero attached hydrogens (tertiary/aromatic N) is 6. The van der Waals surface area contributed by atoms with Crippen molar-refractivity contribution in [3.63, 3.8) is 0 Å². The van der Waals surface area contributed by atoms with E-state index in [9.17, 15) is 4.79 Å². The predicted octanol–water partition coefficient (Wildman–Crippen LogP) is 7.79. The number of urea groups is 1. The van der Waals surface area contributed by atoms with Crippen LogP contribution in [0.1, 0.15) is 61.6 Å². The van der Waals surface area contributed by atoms with E-state index in [1.54, 1.807) is 6.20 Å². The number of anilines is 1. The first-order valence-electron chi connectivity index (χ1n) is 18.0. The van der Waals surface area contributed by atoms with E-state index >= 15 is 4.39 Å². The predicted molar refractivity (Wildman–Crippen MR) is 197 cm³/mol.